The number of carbonyl (C=O) groups is 1. The highest BCUT2D eigenvalue weighted by molar-refractivity contribution is 6.32. The third-order valence-electron chi connectivity index (χ3n) is 1.67. The van der Waals surface area contributed by atoms with Crippen LogP contribution in [0.2, 0.25) is 5.02 Å². The SMILES string of the molecule is COc1cc(NC(=O)CC#N)ccc1Cl. The van der Waals surface area contributed by atoms with Crippen LogP contribution in [0.25, 0.3) is 0 Å². The molecule has 1 rings (SSSR count). The van der Waals surface area contributed by atoms with E-state index in [9.17, 15) is 4.79 Å². The van der Waals surface area contributed by atoms with Gasteiger partial charge in [0.15, 0.2) is 0 Å². The molecule has 0 aliphatic heterocycles. The lowest BCUT2D eigenvalue weighted by Gasteiger charge is -2.06. The van der Waals surface area contributed by atoms with Crippen LogP contribution in [0.3, 0.4) is 0 Å². The molecule has 0 saturated carbocycles. The van der Waals surface area contributed by atoms with Gasteiger partial charge >= 0.3 is 0 Å². The molecule has 0 atom stereocenters. The van der Waals surface area contributed by atoms with Crippen LogP contribution in [0.5, 0.6) is 5.75 Å². The summed E-state index contributed by atoms with van der Waals surface area (Å²) in [4.78, 5) is 11.1. The van der Waals surface area contributed by atoms with Crippen LogP contribution in [0.4, 0.5) is 5.69 Å². The minimum absolute atomic E-state index is 0.176. The van der Waals surface area contributed by atoms with E-state index >= 15 is 0 Å². The number of halogens is 1. The molecule has 0 radical (unpaired) electrons. The Morgan fingerprint density at radius 3 is 3.00 bits per heavy atom. The molecule has 4 nitrogen and oxygen atoms in total. The Kier molecular flexibility index (Phi) is 3.95. The number of methoxy groups -OCH3 is 1. The van der Waals surface area contributed by atoms with Crippen LogP contribution in [-0.4, -0.2) is 13.0 Å². The van der Waals surface area contributed by atoms with Gasteiger partial charge in [-0.05, 0) is 12.1 Å². The molecule has 0 heterocycles. The van der Waals surface area contributed by atoms with Crippen LogP contribution in [0.15, 0.2) is 18.2 Å². The monoisotopic (exact) mass is 224 g/mol. The average Bonchev–Trinajstić information content (AvgIpc) is 2.21. The van der Waals surface area contributed by atoms with E-state index in [0.717, 1.165) is 0 Å². The quantitative estimate of drug-likeness (QED) is 0.856. The number of nitriles is 1. The lowest BCUT2D eigenvalue weighted by atomic mass is 10.3. The number of hydrogen-bond acceptors (Lipinski definition) is 3. The van der Waals surface area contributed by atoms with Gasteiger partial charge in [-0.15, -0.1) is 0 Å². The molecular weight excluding hydrogens is 216 g/mol. The summed E-state index contributed by atoms with van der Waals surface area (Å²) in [6.07, 6.45) is -0.176. The highest BCUT2D eigenvalue weighted by Gasteiger charge is 2.04. The van der Waals surface area contributed by atoms with Crippen molar-refractivity contribution in [2.45, 2.75) is 6.42 Å². The largest absolute Gasteiger partial charge is 0.495 e. The maximum absolute atomic E-state index is 11.1. The minimum Gasteiger partial charge on any atom is -0.495 e. The second-order valence-electron chi connectivity index (χ2n) is 2.73. The van der Waals surface area contributed by atoms with Gasteiger partial charge in [-0.3, -0.25) is 4.79 Å². The van der Waals surface area contributed by atoms with Crippen molar-refractivity contribution in [1.82, 2.24) is 0 Å². The molecule has 0 spiro atoms. The summed E-state index contributed by atoms with van der Waals surface area (Å²) in [5, 5.41) is 11.3. The summed E-state index contributed by atoms with van der Waals surface area (Å²) in [5.41, 5.74) is 0.552. The van der Waals surface area contributed by atoms with Gasteiger partial charge in [-0.2, -0.15) is 5.26 Å². The summed E-state index contributed by atoms with van der Waals surface area (Å²) in [6, 6.07) is 6.61. The Bertz CT molecular complexity index is 412. The molecule has 0 bridgehead atoms. The number of rotatable bonds is 3. The molecule has 78 valence electrons. The smallest absolute Gasteiger partial charge is 0.238 e. The Morgan fingerprint density at radius 1 is 1.67 bits per heavy atom. The third kappa shape index (κ3) is 3.15. The summed E-state index contributed by atoms with van der Waals surface area (Å²) >= 11 is 5.80. The maximum Gasteiger partial charge on any atom is 0.238 e. The van der Waals surface area contributed by atoms with Crippen molar-refractivity contribution in [2.24, 2.45) is 0 Å². The zero-order valence-electron chi connectivity index (χ0n) is 8.08. The van der Waals surface area contributed by atoms with Crippen molar-refractivity contribution in [3.05, 3.63) is 23.2 Å². The van der Waals surface area contributed by atoms with E-state index < -0.39 is 0 Å². The van der Waals surface area contributed by atoms with E-state index in [1.165, 1.54) is 7.11 Å². The molecule has 0 saturated heterocycles. The second-order valence-corrected chi connectivity index (χ2v) is 3.14. The fraction of sp³-hybridized carbons (Fsp3) is 0.200. The lowest BCUT2D eigenvalue weighted by Crippen LogP contribution is -2.09. The predicted octanol–water partition coefficient (Wildman–Crippen LogP) is 2.20. The zero-order chi connectivity index (χ0) is 11.3. The van der Waals surface area contributed by atoms with Crippen LogP contribution in [0, 0.1) is 11.3 Å². The standard InChI is InChI=1S/C10H9ClN2O2/c1-15-9-6-7(2-3-8(9)11)13-10(14)4-5-12/h2-3,6H,4H2,1H3,(H,13,14). The number of hydrogen-bond donors (Lipinski definition) is 1. The lowest BCUT2D eigenvalue weighted by molar-refractivity contribution is -0.115. The van der Waals surface area contributed by atoms with Crippen molar-refractivity contribution in [3.8, 4) is 11.8 Å². The van der Waals surface area contributed by atoms with E-state index in [0.29, 0.717) is 16.5 Å². The Morgan fingerprint density at radius 2 is 2.40 bits per heavy atom. The first kappa shape index (κ1) is 11.3. The molecule has 5 heteroatoms. The van der Waals surface area contributed by atoms with Gasteiger partial charge in [-0.25, -0.2) is 0 Å². The van der Waals surface area contributed by atoms with Gasteiger partial charge in [0.05, 0.1) is 18.2 Å². The number of nitrogens with zero attached hydrogens (tertiary/aromatic N) is 1. The van der Waals surface area contributed by atoms with Gasteiger partial charge in [0.2, 0.25) is 5.91 Å². The van der Waals surface area contributed by atoms with Gasteiger partial charge in [-0.1, -0.05) is 11.6 Å². The number of carbonyl (C=O) groups excluding carboxylic acids is 1. The number of benzene rings is 1. The normalized spacial score (nSPS) is 9.13. The maximum atomic E-state index is 11.1. The fourth-order valence-corrected chi connectivity index (χ4v) is 1.21. The van der Waals surface area contributed by atoms with E-state index in [-0.39, 0.29) is 12.3 Å². The molecule has 0 unspecified atom stereocenters. The molecule has 0 aliphatic carbocycles. The number of ether oxygens (including phenoxy) is 1. The van der Waals surface area contributed by atoms with Crippen LogP contribution in [-0.2, 0) is 4.79 Å². The fourth-order valence-electron chi connectivity index (χ4n) is 1.01. The molecule has 1 aromatic carbocycles. The van der Waals surface area contributed by atoms with Gasteiger partial charge in [0, 0.05) is 11.8 Å². The van der Waals surface area contributed by atoms with Crippen LogP contribution in [0.1, 0.15) is 6.42 Å². The number of amides is 1. The summed E-state index contributed by atoms with van der Waals surface area (Å²) in [6.45, 7) is 0. The first-order chi connectivity index (χ1) is 7.17. The summed E-state index contributed by atoms with van der Waals surface area (Å²) in [5.74, 6) is 0.119. The molecule has 1 amide bonds. The van der Waals surface area contributed by atoms with E-state index in [2.05, 4.69) is 5.32 Å². The molecule has 0 fully saturated rings. The molecule has 1 N–H and O–H groups in total. The Balaban J connectivity index is 2.79. The summed E-state index contributed by atoms with van der Waals surface area (Å²) < 4.78 is 4.98. The van der Waals surface area contributed by atoms with E-state index in [4.69, 9.17) is 21.6 Å². The highest BCUT2D eigenvalue weighted by atomic mass is 35.5. The molecule has 0 aromatic heterocycles. The van der Waals surface area contributed by atoms with Crippen molar-refractivity contribution in [1.29, 1.82) is 5.26 Å². The molecule has 1 aromatic rings. The van der Waals surface area contributed by atoms with Gasteiger partial charge in [0.25, 0.3) is 0 Å². The van der Waals surface area contributed by atoms with Gasteiger partial charge in [0.1, 0.15) is 12.2 Å². The third-order valence-corrected chi connectivity index (χ3v) is 1.99. The first-order valence-electron chi connectivity index (χ1n) is 4.17. The highest BCUT2D eigenvalue weighted by Crippen LogP contribution is 2.27. The summed E-state index contributed by atoms with van der Waals surface area (Å²) in [7, 11) is 1.49. The minimum atomic E-state index is -0.359. The van der Waals surface area contributed by atoms with E-state index in [1.807, 2.05) is 0 Å². The van der Waals surface area contributed by atoms with E-state index in [1.54, 1.807) is 24.3 Å². The predicted molar refractivity (Wildman–Crippen MR) is 56.9 cm³/mol. The first-order valence-corrected chi connectivity index (χ1v) is 4.55. The topological polar surface area (TPSA) is 62.1 Å². The van der Waals surface area contributed by atoms with Crippen molar-refractivity contribution >= 4 is 23.2 Å². The van der Waals surface area contributed by atoms with Crippen molar-refractivity contribution in [2.75, 3.05) is 12.4 Å². The zero-order valence-corrected chi connectivity index (χ0v) is 8.84. The van der Waals surface area contributed by atoms with Gasteiger partial charge < -0.3 is 10.1 Å². The second kappa shape index (κ2) is 5.23. The average molecular weight is 225 g/mol. The van der Waals surface area contributed by atoms with Crippen LogP contribution < -0.4 is 10.1 Å². The van der Waals surface area contributed by atoms with Crippen LogP contribution >= 0.6 is 11.6 Å². The Labute approximate surface area is 92.4 Å². The van der Waals surface area contributed by atoms with Crippen molar-refractivity contribution < 1.29 is 9.53 Å². The molecule has 0 aliphatic rings. The molecule has 15 heavy (non-hydrogen) atoms. The Hall–Kier alpha value is -1.73. The number of anilines is 1. The van der Waals surface area contributed by atoms with Crippen molar-refractivity contribution in [3.63, 3.8) is 0 Å². The molecular formula is C10H9ClN2O2. The number of nitrogens with one attached hydrogen (secondary N) is 1.